The molecule has 1 aromatic carbocycles. The summed E-state index contributed by atoms with van der Waals surface area (Å²) in [7, 11) is 3.65. The van der Waals surface area contributed by atoms with E-state index in [1.807, 2.05) is 44.9 Å². The highest BCUT2D eigenvalue weighted by Crippen LogP contribution is 2.16. The van der Waals surface area contributed by atoms with Gasteiger partial charge in [-0.3, -0.25) is 9.69 Å². The van der Waals surface area contributed by atoms with Gasteiger partial charge in [0.2, 0.25) is 5.91 Å². The van der Waals surface area contributed by atoms with Gasteiger partial charge in [-0.05, 0) is 45.9 Å². The molecule has 1 unspecified atom stereocenters. The fourth-order valence-electron chi connectivity index (χ4n) is 2.04. The van der Waals surface area contributed by atoms with Crippen molar-refractivity contribution in [3.05, 3.63) is 29.3 Å². The third-order valence-corrected chi connectivity index (χ3v) is 3.54. The molecule has 4 heteroatoms. The maximum Gasteiger partial charge on any atom is 0.241 e. The second kappa shape index (κ2) is 8.02. The van der Waals surface area contributed by atoms with Crippen molar-refractivity contribution in [1.29, 1.82) is 0 Å². The van der Waals surface area contributed by atoms with Gasteiger partial charge in [0.25, 0.3) is 0 Å². The highest BCUT2D eigenvalue weighted by atomic mass is 16.5. The zero-order chi connectivity index (χ0) is 15.1. The topological polar surface area (TPSA) is 41.6 Å². The Hall–Kier alpha value is -1.39. The number of rotatable bonds is 7. The Kier molecular flexibility index (Phi) is 6.68. The molecular weight excluding hydrogens is 252 g/mol. The van der Waals surface area contributed by atoms with Crippen molar-refractivity contribution in [2.75, 3.05) is 32.6 Å². The van der Waals surface area contributed by atoms with Crippen LogP contribution in [0, 0.1) is 13.8 Å². The molecule has 0 spiro atoms. The van der Waals surface area contributed by atoms with E-state index >= 15 is 0 Å². The first-order valence-electron chi connectivity index (χ1n) is 7.03. The standard InChI is InChI=1S/C16H26N2O2/c1-12-7-8-15(13(2)11-12)17-16(19)14(3)18(4)9-6-10-20-5/h7-8,11,14H,6,9-10H2,1-5H3,(H,17,19). The van der Waals surface area contributed by atoms with Crippen LogP contribution in [0.4, 0.5) is 5.69 Å². The molecule has 0 aliphatic heterocycles. The van der Waals surface area contributed by atoms with Crippen molar-refractivity contribution in [3.63, 3.8) is 0 Å². The molecule has 112 valence electrons. The minimum atomic E-state index is -0.160. The Bertz CT molecular complexity index is 446. The van der Waals surface area contributed by atoms with Crippen LogP contribution in [0.25, 0.3) is 0 Å². The van der Waals surface area contributed by atoms with Crippen LogP contribution >= 0.6 is 0 Å². The monoisotopic (exact) mass is 278 g/mol. The molecule has 0 bridgehead atoms. The predicted octanol–water partition coefficient (Wildman–Crippen LogP) is 2.60. The summed E-state index contributed by atoms with van der Waals surface area (Å²) in [6.45, 7) is 7.54. The van der Waals surface area contributed by atoms with Crippen molar-refractivity contribution in [2.45, 2.75) is 33.2 Å². The lowest BCUT2D eigenvalue weighted by Crippen LogP contribution is -2.40. The average molecular weight is 278 g/mol. The van der Waals surface area contributed by atoms with Crippen LogP contribution in [-0.4, -0.2) is 44.2 Å². The Morgan fingerprint density at radius 3 is 2.70 bits per heavy atom. The fourth-order valence-corrected chi connectivity index (χ4v) is 2.04. The lowest BCUT2D eigenvalue weighted by atomic mass is 10.1. The first-order chi connectivity index (χ1) is 9.45. The number of likely N-dealkylation sites (N-methyl/N-ethyl adjacent to an activating group) is 1. The molecule has 1 amide bonds. The van der Waals surface area contributed by atoms with E-state index in [2.05, 4.69) is 11.4 Å². The van der Waals surface area contributed by atoms with Crippen LogP contribution in [0.15, 0.2) is 18.2 Å². The van der Waals surface area contributed by atoms with Crippen LogP contribution in [0.1, 0.15) is 24.5 Å². The van der Waals surface area contributed by atoms with Gasteiger partial charge in [0.15, 0.2) is 0 Å². The summed E-state index contributed by atoms with van der Waals surface area (Å²) in [5.41, 5.74) is 3.18. The lowest BCUT2D eigenvalue weighted by Gasteiger charge is -2.24. The molecule has 0 heterocycles. The van der Waals surface area contributed by atoms with Gasteiger partial charge < -0.3 is 10.1 Å². The highest BCUT2D eigenvalue weighted by Gasteiger charge is 2.18. The maximum atomic E-state index is 12.2. The number of aryl methyl sites for hydroxylation is 2. The van der Waals surface area contributed by atoms with Crippen molar-refractivity contribution in [3.8, 4) is 0 Å². The number of ether oxygens (including phenoxy) is 1. The number of carbonyl (C=O) groups is 1. The number of anilines is 1. The van der Waals surface area contributed by atoms with Crippen molar-refractivity contribution >= 4 is 11.6 Å². The Balaban J connectivity index is 2.56. The quantitative estimate of drug-likeness (QED) is 0.780. The molecule has 1 atom stereocenters. The van der Waals surface area contributed by atoms with Gasteiger partial charge in [-0.15, -0.1) is 0 Å². The summed E-state index contributed by atoms with van der Waals surface area (Å²) in [6.07, 6.45) is 0.925. The van der Waals surface area contributed by atoms with Crippen molar-refractivity contribution < 1.29 is 9.53 Å². The van der Waals surface area contributed by atoms with Gasteiger partial charge in [0.05, 0.1) is 6.04 Å². The molecule has 1 N–H and O–H groups in total. The summed E-state index contributed by atoms with van der Waals surface area (Å²) < 4.78 is 5.03. The lowest BCUT2D eigenvalue weighted by molar-refractivity contribution is -0.120. The van der Waals surface area contributed by atoms with Gasteiger partial charge in [-0.2, -0.15) is 0 Å². The normalized spacial score (nSPS) is 12.5. The summed E-state index contributed by atoms with van der Waals surface area (Å²) >= 11 is 0. The van der Waals surface area contributed by atoms with Gasteiger partial charge in [-0.25, -0.2) is 0 Å². The number of hydrogen-bond donors (Lipinski definition) is 1. The summed E-state index contributed by atoms with van der Waals surface area (Å²) in [4.78, 5) is 14.3. The fraction of sp³-hybridized carbons (Fsp3) is 0.562. The predicted molar refractivity (Wildman–Crippen MR) is 83.1 cm³/mol. The second-order valence-corrected chi connectivity index (χ2v) is 5.31. The van der Waals surface area contributed by atoms with E-state index in [1.165, 1.54) is 5.56 Å². The molecule has 0 radical (unpaired) electrons. The molecule has 0 saturated heterocycles. The smallest absolute Gasteiger partial charge is 0.241 e. The Labute approximate surface area is 122 Å². The van der Waals surface area contributed by atoms with Crippen LogP contribution in [-0.2, 0) is 9.53 Å². The second-order valence-electron chi connectivity index (χ2n) is 5.31. The van der Waals surface area contributed by atoms with E-state index in [-0.39, 0.29) is 11.9 Å². The van der Waals surface area contributed by atoms with Crippen LogP contribution in [0.2, 0.25) is 0 Å². The van der Waals surface area contributed by atoms with E-state index in [0.717, 1.165) is 30.8 Å². The third-order valence-electron chi connectivity index (χ3n) is 3.54. The SMILES string of the molecule is COCCCN(C)C(C)C(=O)Nc1ccc(C)cc1C. The average Bonchev–Trinajstić information content (AvgIpc) is 2.41. The first kappa shape index (κ1) is 16.7. The Morgan fingerprint density at radius 1 is 1.40 bits per heavy atom. The molecule has 1 aromatic rings. The van der Waals surface area contributed by atoms with E-state index in [1.54, 1.807) is 7.11 Å². The number of methoxy groups -OCH3 is 1. The van der Waals surface area contributed by atoms with Gasteiger partial charge in [-0.1, -0.05) is 17.7 Å². The van der Waals surface area contributed by atoms with Gasteiger partial charge in [0.1, 0.15) is 0 Å². The summed E-state index contributed by atoms with van der Waals surface area (Å²) in [5.74, 6) is 0.0249. The zero-order valence-electron chi connectivity index (χ0n) is 13.2. The number of amides is 1. The van der Waals surface area contributed by atoms with Crippen molar-refractivity contribution in [1.82, 2.24) is 4.90 Å². The molecule has 0 aliphatic carbocycles. The van der Waals surface area contributed by atoms with E-state index < -0.39 is 0 Å². The van der Waals surface area contributed by atoms with Crippen LogP contribution < -0.4 is 5.32 Å². The summed E-state index contributed by atoms with van der Waals surface area (Å²) in [6, 6.07) is 5.88. The largest absolute Gasteiger partial charge is 0.385 e. The number of nitrogens with one attached hydrogen (secondary N) is 1. The Morgan fingerprint density at radius 2 is 2.10 bits per heavy atom. The first-order valence-corrected chi connectivity index (χ1v) is 7.03. The van der Waals surface area contributed by atoms with E-state index in [0.29, 0.717) is 0 Å². The molecule has 20 heavy (non-hydrogen) atoms. The molecule has 0 aliphatic rings. The van der Waals surface area contributed by atoms with Crippen LogP contribution in [0.3, 0.4) is 0 Å². The molecule has 4 nitrogen and oxygen atoms in total. The number of benzene rings is 1. The van der Waals surface area contributed by atoms with E-state index in [4.69, 9.17) is 4.74 Å². The molecular formula is C16H26N2O2. The summed E-state index contributed by atoms with van der Waals surface area (Å²) in [5, 5.41) is 3.00. The number of carbonyl (C=O) groups excluding carboxylic acids is 1. The third kappa shape index (κ3) is 4.94. The van der Waals surface area contributed by atoms with Crippen LogP contribution in [0.5, 0.6) is 0 Å². The number of hydrogen-bond acceptors (Lipinski definition) is 3. The highest BCUT2D eigenvalue weighted by molar-refractivity contribution is 5.95. The molecule has 1 rings (SSSR count). The molecule has 0 aromatic heterocycles. The molecule has 0 saturated carbocycles. The maximum absolute atomic E-state index is 12.2. The molecule has 0 fully saturated rings. The minimum absolute atomic E-state index is 0.0249. The van der Waals surface area contributed by atoms with E-state index in [9.17, 15) is 4.79 Å². The number of nitrogens with zero attached hydrogens (tertiary/aromatic N) is 1. The zero-order valence-corrected chi connectivity index (χ0v) is 13.2. The van der Waals surface area contributed by atoms with Crippen molar-refractivity contribution in [2.24, 2.45) is 0 Å². The van der Waals surface area contributed by atoms with Gasteiger partial charge >= 0.3 is 0 Å². The minimum Gasteiger partial charge on any atom is -0.385 e. The van der Waals surface area contributed by atoms with Gasteiger partial charge in [0, 0.05) is 25.9 Å².